The number of anilines is 1. The van der Waals surface area contributed by atoms with Crippen LogP contribution < -0.4 is 14.8 Å². The fraction of sp³-hybridized carbons (Fsp3) is 0.286. The number of unbranched alkanes of at least 4 members (excludes halogenated alkanes) is 1. The molecule has 0 fully saturated rings. The molecule has 0 radical (unpaired) electrons. The zero-order chi connectivity index (χ0) is 23.0. The van der Waals surface area contributed by atoms with Crippen molar-refractivity contribution in [3.05, 3.63) is 65.0 Å². The van der Waals surface area contributed by atoms with Gasteiger partial charge in [-0.2, -0.15) is 0 Å². The summed E-state index contributed by atoms with van der Waals surface area (Å²) in [7, 11) is -3.85. The Labute approximate surface area is 179 Å². The van der Waals surface area contributed by atoms with Gasteiger partial charge in [0, 0.05) is 24.3 Å². The fourth-order valence-corrected chi connectivity index (χ4v) is 3.09. The molecule has 0 spiro atoms. The standard InChI is InChI=1S/C21H23F3N2O4S/c1-3-4-9-30-19-12-16(22)7-5-15(19)6-8-20(27)25-13-14-10-17(23)21(18(24)11-14)26-31(2,28)29/h5-8,10-12,26H,3-4,9,13H2,1-2H3,(H,25,27). The lowest BCUT2D eigenvalue weighted by atomic mass is 10.1. The lowest BCUT2D eigenvalue weighted by molar-refractivity contribution is -0.116. The van der Waals surface area contributed by atoms with Crippen LogP contribution in [-0.4, -0.2) is 27.2 Å². The van der Waals surface area contributed by atoms with E-state index in [0.717, 1.165) is 31.2 Å². The van der Waals surface area contributed by atoms with Crippen LogP contribution in [0.1, 0.15) is 30.9 Å². The highest BCUT2D eigenvalue weighted by Crippen LogP contribution is 2.23. The van der Waals surface area contributed by atoms with E-state index >= 15 is 0 Å². The molecule has 0 heterocycles. The molecule has 0 aliphatic rings. The second kappa shape index (κ2) is 10.9. The summed E-state index contributed by atoms with van der Waals surface area (Å²) in [5, 5.41) is 2.46. The fourth-order valence-electron chi connectivity index (χ4n) is 2.52. The van der Waals surface area contributed by atoms with Crippen molar-refractivity contribution in [2.75, 3.05) is 17.6 Å². The van der Waals surface area contributed by atoms with Crippen LogP contribution in [0.4, 0.5) is 18.9 Å². The van der Waals surface area contributed by atoms with E-state index < -0.39 is 39.1 Å². The Morgan fingerprint density at radius 3 is 2.42 bits per heavy atom. The molecule has 0 aromatic heterocycles. The van der Waals surface area contributed by atoms with Crippen molar-refractivity contribution in [2.24, 2.45) is 0 Å². The average Bonchev–Trinajstić information content (AvgIpc) is 2.68. The van der Waals surface area contributed by atoms with E-state index in [2.05, 4.69) is 5.32 Å². The molecule has 0 saturated heterocycles. The van der Waals surface area contributed by atoms with Gasteiger partial charge >= 0.3 is 0 Å². The number of hydrogen-bond acceptors (Lipinski definition) is 4. The molecule has 10 heteroatoms. The highest BCUT2D eigenvalue weighted by Gasteiger charge is 2.15. The summed E-state index contributed by atoms with van der Waals surface area (Å²) >= 11 is 0. The Hall–Kier alpha value is -3.01. The molecule has 1 amide bonds. The van der Waals surface area contributed by atoms with E-state index in [1.165, 1.54) is 30.4 Å². The van der Waals surface area contributed by atoms with Crippen LogP contribution >= 0.6 is 0 Å². The molecule has 0 aliphatic carbocycles. The van der Waals surface area contributed by atoms with Gasteiger partial charge in [-0.15, -0.1) is 0 Å². The number of nitrogens with one attached hydrogen (secondary N) is 2. The van der Waals surface area contributed by atoms with E-state index in [1.54, 1.807) is 4.72 Å². The normalized spacial score (nSPS) is 11.5. The lowest BCUT2D eigenvalue weighted by Gasteiger charge is -2.10. The van der Waals surface area contributed by atoms with Gasteiger partial charge in [-0.25, -0.2) is 21.6 Å². The molecule has 0 unspecified atom stereocenters. The minimum absolute atomic E-state index is 0.0983. The maximum atomic E-state index is 14.0. The molecule has 31 heavy (non-hydrogen) atoms. The Bertz CT molecular complexity index is 1050. The molecular formula is C21H23F3N2O4S. The topological polar surface area (TPSA) is 84.5 Å². The number of rotatable bonds is 10. The van der Waals surface area contributed by atoms with Crippen molar-refractivity contribution >= 4 is 27.7 Å². The summed E-state index contributed by atoms with van der Waals surface area (Å²) in [4.78, 5) is 12.1. The van der Waals surface area contributed by atoms with Crippen molar-refractivity contribution in [3.8, 4) is 5.75 Å². The molecule has 0 atom stereocenters. The van der Waals surface area contributed by atoms with Crippen LogP contribution in [0.3, 0.4) is 0 Å². The molecule has 0 saturated carbocycles. The Balaban J connectivity index is 2.03. The molecule has 2 N–H and O–H groups in total. The molecule has 2 aromatic rings. The maximum Gasteiger partial charge on any atom is 0.244 e. The van der Waals surface area contributed by atoms with Gasteiger partial charge in [0.1, 0.15) is 17.3 Å². The van der Waals surface area contributed by atoms with Crippen LogP contribution in [0, 0.1) is 17.5 Å². The van der Waals surface area contributed by atoms with Gasteiger partial charge in [-0.1, -0.05) is 13.3 Å². The highest BCUT2D eigenvalue weighted by molar-refractivity contribution is 7.92. The summed E-state index contributed by atoms with van der Waals surface area (Å²) in [5.41, 5.74) is -0.188. The Kier molecular flexibility index (Phi) is 8.49. The average molecular weight is 456 g/mol. The van der Waals surface area contributed by atoms with Crippen LogP contribution in [0.25, 0.3) is 6.08 Å². The molecule has 0 aliphatic heterocycles. The summed E-state index contributed by atoms with van der Waals surface area (Å²) < 4.78 is 71.1. The summed E-state index contributed by atoms with van der Waals surface area (Å²) in [6.07, 6.45) is 5.11. The second-order valence-electron chi connectivity index (χ2n) is 6.74. The molecular weight excluding hydrogens is 433 g/mol. The second-order valence-corrected chi connectivity index (χ2v) is 8.49. The predicted octanol–water partition coefficient (Wildman–Crippen LogP) is 3.98. The van der Waals surface area contributed by atoms with E-state index in [4.69, 9.17) is 4.74 Å². The first-order chi connectivity index (χ1) is 14.6. The number of benzene rings is 2. The molecule has 2 aromatic carbocycles. The smallest absolute Gasteiger partial charge is 0.244 e. The summed E-state index contributed by atoms with van der Waals surface area (Å²) in [6, 6.07) is 5.77. The van der Waals surface area contributed by atoms with Crippen molar-refractivity contribution in [3.63, 3.8) is 0 Å². The molecule has 168 valence electrons. The number of carbonyl (C=O) groups is 1. The molecule has 0 bridgehead atoms. The van der Waals surface area contributed by atoms with Crippen molar-refractivity contribution < 1.29 is 31.1 Å². The van der Waals surface area contributed by atoms with Gasteiger partial charge in [0.05, 0.1) is 12.9 Å². The van der Waals surface area contributed by atoms with Crippen molar-refractivity contribution in [1.29, 1.82) is 0 Å². The Morgan fingerprint density at radius 1 is 1.13 bits per heavy atom. The third-order valence-electron chi connectivity index (χ3n) is 4.00. The largest absolute Gasteiger partial charge is 0.493 e. The van der Waals surface area contributed by atoms with E-state index in [9.17, 15) is 26.4 Å². The van der Waals surface area contributed by atoms with Crippen LogP contribution in [-0.2, 0) is 21.4 Å². The minimum Gasteiger partial charge on any atom is -0.493 e. The van der Waals surface area contributed by atoms with Gasteiger partial charge in [0.25, 0.3) is 0 Å². The quantitative estimate of drug-likeness (QED) is 0.418. The number of sulfonamides is 1. The van der Waals surface area contributed by atoms with Crippen LogP contribution in [0.5, 0.6) is 5.75 Å². The number of ether oxygens (including phenoxy) is 1. The Morgan fingerprint density at radius 2 is 1.81 bits per heavy atom. The summed E-state index contributed by atoms with van der Waals surface area (Å²) in [5.74, 6) is -2.93. The minimum atomic E-state index is -3.85. The van der Waals surface area contributed by atoms with Gasteiger partial charge in [0.2, 0.25) is 15.9 Å². The van der Waals surface area contributed by atoms with E-state index in [1.807, 2.05) is 6.92 Å². The first kappa shape index (κ1) is 24.3. The number of hydrogen-bond donors (Lipinski definition) is 2. The highest BCUT2D eigenvalue weighted by atomic mass is 32.2. The van der Waals surface area contributed by atoms with Crippen LogP contribution in [0.15, 0.2) is 36.4 Å². The lowest BCUT2D eigenvalue weighted by Crippen LogP contribution is -2.21. The first-order valence-corrected chi connectivity index (χ1v) is 11.3. The summed E-state index contributed by atoms with van der Waals surface area (Å²) in [6.45, 7) is 2.21. The molecule has 2 rings (SSSR count). The van der Waals surface area contributed by atoms with Crippen molar-refractivity contribution in [2.45, 2.75) is 26.3 Å². The van der Waals surface area contributed by atoms with Gasteiger partial charge in [-0.05, 0) is 42.3 Å². The number of carbonyl (C=O) groups excluding carboxylic acids is 1. The van der Waals surface area contributed by atoms with Gasteiger partial charge in [0.15, 0.2) is 11.6 Å². The van der Waals surface area contributed by atoms with Gasteiger partial charge in [-0.3, -0.25) is 9.52 Å². The van der Waals surface area contributed by atoms with Crippen LogP contribution in [0.2, 0.25) is 0 Å². The first-order valence-electron chi connectivity index (χ1n) is 9.43. The van der Waals surface area contributed by atoms with Gasteiger partial charge < -0.3 is 10.1 Å². The molecule has 6 nitrogen and oxygen atoms in total. The monoisotopic (exact) mass is 456 g/mol. The number of halogens is 3. The SMILES string of the molecule is CCCCOc1cc(F)ccc1C=CC(=O)NCc1cc(F)c(NS(C)(=O)=O)c(F)c1. The zero-order valence-corrected chi connectivity index (χ0v) is 17.9. The third-order valence-corrected chi connectivity index (χ3v) is 4.58. The maximum absolute atomic E-state index is 14.0. The van der Waals surface area contributed by atoms with E-state index in [-0.39, 0.29) is 12.1 Å². The number of amides is 1. The predicted molar refractivity (Wildman–Crippen MR) is 113 cm³/mol. The van der Waals surface area contributed by atoms with E-state index in [0.29, 0.717) is 17.9 Å². The zero-order valence-electron chi connectivity index (χ0n) is 17.0. The van der Waals surface area contributed by atoms with Crippen molar-refractivity contribution in [1.82, 2.24) is 5.32 Å². The third kappa shape index (κ3) is 7.97.